The van der Waals surface area contributed by atoms with E-state index in [1.165, 1.54) is 0 Å². The lowest BCUT2D eigenvalue weighted by Gasteiger charge is -2.28. The molecule has 1 saturated heterocycles. The minimum atomic E-state index is -0.270. The molecule has 1 fully saturated rings. The van der Waals surface area contributed by atoms with Gasteiger partial charge in [-0.1, -0.05) is 35.5 Å². The number of benzene rings is 2. The summed E-state index contributed by atoms with van der Waals surface area (Å²) >= 11 is 0. The molecule has 0 aliphatic carbocycles. The Bertz CT molecular complexity index is 886. The second-order valence-electron chi connectivity index (χ2n) is 6.39. The van der Waals surface area contributed by atoms with Crippen LogP contribution in [0.15, 0.2) is 60.8 Å². The SMILES string of the molecule is O=C(Nc1ccc(N2CCOCC2)cc1)c1cn(Cc2ccccc2)nn1. The molecule has 138 valence electrons. The van der Waals surface area contributed by atoms with Gasteiger partial charge in [-0.25, -0.2) is 4.68 Å². The van der Waals surface area contributed by atoms with E-state index in [0.29, 0.717) is 12.2 Å². The van der Waals surface area contributed by atoms with Gasteiger partial charge in [-0.05, 0) is 29.8 Å². The topological polar surface area (TPSA) is 72.3 Å². The standard InChI is InChI=1S/C20H21N5O2/c26-20(19-15-25(23-22-19)14-16-4-2-1-3-5-16)21-17-6-8-18(9-7-17)24-10-12-27-13-11-24/h1-9,15H,10-14H2,(H,21,26). The van der Waals surface area contributed by atoms with Gasteiger partial charge in [-0.2, -0.15) is 0 Å². The number of aromatic nitrogens is 3. The molecule has 1 aromatic heterocycles. The fourth-order valence-electron chi connectivity index (χ4n) is 3.02. The molecule has 0 atom stereocenters. The van der Waals surface area contributed by atoms with Crippen LogP contribution in [-0.4, -0.2) is 47.2 Å². The number of carbonyl (C=O) groups is 1. The molecule has 0 radical (unpaired) electrons. The van der Waals surface area contributed by atoms with Crippen LogP contribution < -0.4 is 10.2 Å². The van der Waals surface area contributed by atoms with Crippen LogP contribution in [0.25, 0.3) is 0 Å². The van der Waals surface area contributed by atoms with Crippen LogP contribution >= 0.6 is 0 Å². The van der Waals surface area contributed by atoms with E-state index in [2.05, 4.69) is 20.5 Å². The number of ether oxygens (including phenoxy) is 1. The molecule has 7 heteroatoms. The summed E-state index contributed by atoms with van der Waals surface area (Å²) in [6.07, 6.45) is 1.66. The van der Waals surface area contributed by atoms with Gasteiger partial charge in [0.1, 0.15) is 0 Å². The fourth-order valence-corrected chi connectivity index (χ4v) is 3.02. The van der Waals surface area contributed by atoms with Gasteiger partial charge in [0.15, 0.2) is 5.69 Å². The number of morpholine rings is 1. The van der Waals surface area contributed by atoms with Gasteiger partial charge in [0, 0.05) is 24.5 Å². The first-order chi connectivity index (χ1) is 13.3. The summed E-state index contributed by atoms with van der Waals surface area (Å²) in [5, 5.41) is 10.9. The lowest BCUT2D eigenvalue weighted by Crippen LogP contribution is -2.36. The highest BCUT2D eigenvalue weighted by Gasteiger charge is 2.13. The summed E-state index contributed by atoms with van der Waals surface area (Å²) in [7, 11) is 0. The Labute approximate surface area is 157 Å². The van der Waals surface area contributed by atoms with Crippen molar-refractivity contribution >= 4 is 17.3 Å². The normalized spacial score (nSPS) is 14.1. The van der Waals surface area contributed by atoms with E-state index in [0.717, 1.165) is 43.2 Å². The first-order valence-electron chi connectivity index (χ1n) is 8.96. The molecule has 0 unspecified atom stereocenters. The van der Waals surface area contributed by atoms with Crippen molar-refractivity contribution in [1.29, 1.82) is 0 Å². The first kappa shape index (κ1) is 17.2. The van der Waals surface area contributed by atoms with Gasteiger partial charge in [0.25, 0.3) is 5.91 Å². The van der Waals surface area contributed by atoms with Crippen LogP contribution in [0.1, 0.15) is 16.1 Å². The van der Waals surface area contributed by atoms with Crippen LogP contribution in [0.3, 0.4) is 0 Å². The third-order valence-electron chi connectivity index (χ3n) is 4.46. The van der Waals surface area contributed by atoms with E-state index < -0.39 is 0 Å². The number of hydrogen-bond donors (Lipinski definition) is 1. The Morgan fingerprint density at radius 2 is 1.78 bits per heavy atom. The maximum absolute atomic E-state index is 12.4. The Morgan fingerprint density at radius 1 is 1.04 bits per heavy atom. The quantitative estimate of drug-likeness (QED) is 0.754. The van der Waals surface area contributed by atoms with Crippen molar-refractivity contribution in [1.82, 2.24) is 15.0 Å². The van der Waals surface area contributed by atoms with Crippen LogP contribution in [-0.2, 0) is 11.3 Å². The zero-order chi connectivity index (χ0) is 18.5. The van der Waals surface area contributed by atoms with Crippen molar-refractivity contribution in [2.45, 2.75) is 6.54 Å². The first-order valence-corrected chi connectivity index (χ1v) is 8.96. The van der Waals surface area contributed by atoms with E-state index in [1.54, 1.807) is 10.9 Å². The van der Waals surface area contributed by atoms with Gasteiger partial charge in [0.2, 0.25) is 0 Å². The molecule has 0 saturated carbocycles. The van der Waals surface area contributed by atoms with Crippen LogP contribution in [0, 0.1) is 0 Å². The Morgan fingerprint density at radius 3 is 2.52 bits per heavy atom. The summed E-state index contributed by atoms with van der Waals surface area (Å²) in [5.41, 5.74) is 3.26. The zero-order valence-electron chi connectivity index (χ0n) is 14.9. The van der Waals surface area contributed by atoms with E-state index in [1.807, 2.05) is 54.6 Å². The lowest BCUT2D eigenvalue weighted by molar-refractivity contribution is 0.102. The van der Waals surface area contributed by atoms with Gasteiger partial charge >= 0.3 is 0 Å². The molecule has 0 bridgehead atoms. The molecular weight excluding hydrogens is 342 g/mol. The number of anilines is 2. The highest BCUT2D eigenvalue weighted by Crippen LogP contribution is 2.19. The van der Waals surface area contributed by atoms with Crippen molar-refractivity contribution in [2.24, 2.45) is 0 Å². The van der Waals surface area contributed by atoms with Gasteiger partial charge in [-0.3, -0.25) is 4.79 Å². The Balaban J connectivity index is 1.37. The Kier molecular flexibility index (Phi) is 5.11. The molecule has 1 aliphatic rings. The third kappa shape index (κ3) is 4.32. The molecule has 27 heavy (non-hydrogen) atoms. The summed E-state index contributed by atoms with van der Waals surface area (Å²) in [6, 6.07) is 17.7. The number of hydrogen-bond acceptors (Lipinski definition) is 5. The maximum Gasteiger partial charge on any atom is 0.277 e. The van der Waals surface area contributed by atoms with E-state index in [9.17, 15) is 4.79 Å². The molecular formula is C20H21N5O2. The molecule has 2 aromatic carbocycles. The Hall–Kier alpha value is -3.19. The fraction of sp³-hybridized carbons (Fsp3) is 0.250. The summed E-state index contributed by atoms with van der Waals surface area (Å²) in [5.74, 6) is -0.270. The second kappa shape index (κ2) is 8.01. The molecule has 0 spiro atoms. The van der Waals surface area contributed by atoms with Gasteiger partial charge < -0.3 is 15.0 Å². The third-order valence-corrected chi connectivity index (χ3v) is 4.46. The average molecular weight is 363 g/mol. The molecule has 3 aromatic rings. The van der Waals surface area contributed by atoms with Crippen molar-refractivity contribution in [3.63, 3.8) is 0 Å². The maximum atomic E-state index is 12.4. The summed E-state index contributed by atoms with van der Waals surface area (Å²) in [6.45, 7) is 3.84. The molecule has 1 N–H and O–H groups in total. The number of rotatable bonds is 5. The van der Waals surface area contributed by atoms with Crippen LogP contribution in [0.2, 0.25) is 0 Å². The van der Waals surface area contributed by atoms with E-state index in [-0.39, 0.29) is 5.91 Å². The number of carbonyl (C=O) groups excluding carboxylic acids is 1. The zero-order valence-corrected chi connectivity index (χ0v) is 14.9. The van der Waals surface area contributed by atoms with Crippen LogP contribution in [0.4, 0.5) is 11.4 Å². The molecule has 1 amide bonds. The minimum absolute atomic E-state index is 0.270. The highest BCUT2D eigenvalue weighted by atomic mass is 16.5. The van der Waals surface area contributed by atoms with Crippen molar-refractivity contribution < 1.29 is 9.53 Å². The predicted octanol–water partition coefficient (Wildman–Crippen LogP) is 2.42. The van der Waals surface area contributed by atoms with Crippen LogP contribution in [0.5, 0.6) is 0 Å². The molecule has 7 nitrogen and oxygen atoms in total. The van der Waals surface area contributed by atoms with Crippen molar-refractivity contribution in [3.05, 3.63) is 72.1 Å². The minimum Gasteiger partial charge on any atom is -0.378 e. The lowest BCUT2D eigenvalue weighted by atomic mass is 10.2. The smallest absolute Gasteiger partial charge is 0.277 e. The predicted molar refractivity (Wildman–Crippen MR) is 103 cm³/mol. The monoisotopic (exact) mass is 363 g/mol. The van der Waals surface area contributed by atoms with E-state index >= 15 is 0 Å². The van der Waals surface area contributed by atoms with E-state index in [4.69, 9.17) is 4.74 Å². The summed E-state index contributed by atoms with van der Waals surface area (Å²) in [4.78, 5) is 14.7. The highest BCUT2D eigenvalue weighted by molar-refractivity contribution is 6.02. The number of amides is 1. The second-order valence-corrected chi connectivity index (χ2v) is 6.39. The van der Waals surface area contributed by atoms with Crippen molar-refractivity contribution in [2.75, 3.05) is 36.5 Å². The average Bonchev–Trinajstić information content (AvgIpc) is 3.19. The molecule has 4 rings (SSSR count). The number of nitrogens with one attached hydrogen (secondary N) is 1. The largest absolute Gasteiger partial charge is 0.378 e. The van der Waals surface area contributed by atoms with Gasteiger partial charge in [-0.15, -0.1) is 5.10 Å². The van der Waals surface area contributed by atoms with Gasteiger partial charge in [0.05, 0.1) is 26.0 Å². The number of nitrogens with zero attached hydrogens (tertiary/aromatic N) is 4. The molecule has 2 heterocycles. The van der Waals surface area contributed by atoms with Crippen molar-refractivity contribution in [3.8, 4) is 0 Å². The molecule has 1 aliphatic heterocycles. The summed E-state index contributed by atoms with van der Waals surface area (Å²) < 4.78 is 7.03.